The van der Waals surface area contributed by atoms with Crippen LogP contribution < -0.4 is 15.4 Å². The largest absolute Gasteiger partial charge is 0.350 e. The van der Waals surface area contributed by atoms with E-state index < -0.39 is 28.4 Å². The molecule has 0 saturated carbocycles. The van der Waals surface area contributed by atoms with Gasteiger partial charge in [0.25, 0.3) is 0 Å². The van der Waals surface area contributed by atoms with E-state index in [2.05, 4.69) is 15.4 Å². The fraction of sp³-hybridized carbons (Fsp3) is 0.222. The Morgan fingerprint density at radius 3 is 2.30 bits per heavy atom. The third-order valence-corrected chi connectivity index (χ3v) is 5.23. The molecule has 0 fully saturated rings. The van der Waals surface area contributed by atoms with E-state index in [0.717, 1.165) is 11.1 Å². The number of carbonyl (C=O) groups excluding carboxylic acids is 2. The van der Waals surface area contributed by atoms with Crippen molar-refractivity contribution < 1.29 is 18.0 Å². The summed E-state index contributed by atoms with van der Waals surface area (Å²) in [6.07, 6.45) is 0. The molecular formula is C18H20ClN3O4S. The minimum Gasteiger partial charge on any atom is -0.350 e. The molecular weight excluding hydrogens is 390 g/mol. The van der Waals surface area contributed by atoms with Crippen LogP contribution in [0.4, 0.5) is 0 Å². The summed E-state index contributed by atoms with van der Waals surface area (Å²) in [5.74, 6) is -1.01. The molecule has 0 aliphatic rings. The molecule has 0 aromatic heterocycles. The molecule has 0 aliphatic carbocycles. The average molecular weight is 410 g/mol. The normalized spacial score (nSPS) is 11.0. The van der Waals surface area contributed by atoms with Crippen LogP contribution in [0.1, 0.15) is 11.1 Å². The van der Waals surface area contributed by atoms with Crippen LogP contribution in [-0.4, -0.2) is 33.3 Å². The second-order valence-electron chi connectivity index (χ2n) is 5.82. The minimum absolute atomic E-state index is 0.0696. The van der Waals surface area contributed by atoms with Crippen LogP contribution in [0.5, 0.6) is 0 Å². The van der Waals surface area contributed by atoms with Crippen molar-refractivity contribution in [2.75, 3.05) is 13.1 Å². The van der Waals surface area contributed by atoms with E-state index in [1.165, 1.54) is 12.1 Å². The minimum atomic E-state index is -3.78. The predicted molar refractivity (Wildman–Crippen MR) is 103 cm³/mol. The zero-order chi connectivity index (χ0) is 19.9. The standard InChI is InChI=1S/C18H20ClN3O4S/c1-13-5-7-16(8-6-13)27(25,26)22-12-18(24)21-11-17(23)20-10-14-3-2-4-15(19)9-14/h2-9,22H,10-12H2,1H3,(H,20,23)(H,21,24). The van der Waals surface area contributed by atoms with Gasteiger partial charge in [-0.15, -0.1) is 0 Å². The van der Waals surface area contributed by atoms with Gasteiger partial charge in [0, 0.05) is 11.6 Å². The van der Waals surface area contributed by atoms with E-state index in [1.807, 2.05) is 13.0 Å². The Morgan fingerprint density at radius 2 is 1.63 bits per heavy atom. The third kappa shape index (κ3) is 7.01. The highest BCUT2D eigenvalue weighted by molar-refractivity contribution is 7.89. The summed E-state index contributed by atoms with van der Waals surface area (Å²) in [6.45, 7) is 1.40. The molecule has 7 nitrogen and oxygen atoms in total. The molecule has 2 aromatic carbocycles. The first-order valence-corrected chi connectivity index (χ1v) is 9.96. The Hall–Kier alpha value is -2.42. The van der Waals surface area contributed by atoms with Crippen molar-refractivity contribution in [3.63, 3.8) is 0 Å². The van der Waals surface area contributed by atoms with Crippen LogP contribution in [-0.2, 0) is 26.2 Å². The van der Waals surface area contributed by atoms with Crippen LogP contribution >= 0.6 is 11.6 Å². The van der Waals surface area contributed by atoms with Gasteiger partial charge < -0.3 is 10.6 Å². The van der Waals surface area contributed by atoms with Gasteiger partial charge in [-0.05, 0) is 36.8 Å². The molecule has 0 spiro atoms. The van der Waals surface area contributed by atoms with E-state index in [-0.39, 0.29) is 18.0 Å². The Kier molecular flexibility index (Phi) is 7.35. The van der Waals surface area contributed by atoms with Crippen molar-refractivity contribution >= 4 is 33.4 Å². The number of hydrogen-bond donors (Lipinski definition) is 3. The Bertz CT molecular complexity index is 914. The van der Waals surface area contributed by atoms with Crippen molar-refractivity contribution in [3.05, 3.63) is 64.7 Å². The van der Waals surface area contributed by atoms with E-state index in [9.17, 15) is 18.0 Å². The van der Waals surface area contributed by atoms with Crippen LogP contribution in [0.3, 0.4) is 0 Å². The monoisotopic (exact) mass is 409 g/mol. The molecule has 27 heavy (non-hydrogen) atoms. The van der Waals surface area contributed by atoms with Crippen molar-refractivity contribution in [3.8, 4) is 0 Å². The van der Waals surface area contributed by atoms with Gasteiger partial charge in [-0.25, -0.2) is 13.1 Å². The topological polar surface area (TPSA) is 104 Å². The smallest absolute Gasteiger partial charge is 0.241 e. The number of sulfonamides is 1. The highest BCUT2D eigenvalue weighted by atomic mass is 35.5. The molecule has 0 unspecified atom stereocenters. The average Bonchev–Trinajstić information content (AvgIpc) is 2.63. The zero-order valence-electron chi connectivity index (χ0n) is 14.7. The molecule has 144 valence electrons. The highest BCUT2D eigenvalue weighted by Crippen LogP contribution is 2.10. The summed E-state index contributed by atoms with van der Waals surface area (Å²) in [6, 6.07) is 13.3. The molecule has 2 rings (SSSR count). The number of hydrogen-bond acceptors (Lipinski definition) is 4. The number of rotatable bonds is 8. The maximum absolute atomic E-state index is 12.1. The first kappa shape index (κ1) is 20.9. The van der Waals surface area contributed by atoms with Crippen LogP contribution in [0, 0.1) is 6.92 Å². The lowest BCUT2D eigenvalue weighted by molar-refractivity contribution is -0.125. The van der Waals surface area contributed by atoms with Gasteiger partial charge in [0.05, 0.1) is 18.0 Å². The van der Waals surface area contributed by atoms with Crippen LogP contribution in [0.15, 0.2) is 53.4 Å². The van der Waals surface area contributed by atoms with Gasteiger partial charge in [-0.3, -0.25) is 9.59 Å². The summed E-state index contributed by atoms with van der Waals surface area (Å²) in [4.78, 5) is 23.6. The predicted octanol–water partition coefficient (Wildman–Crippen LogP) is 1.36. The number of amides is 2. The maximum atomic E-state index is 12.1. The molecule has 2 aromatic rings. The van der Waals surface area contributed by atoms with Gasteiger partial charge in [0.2, 0.25) is 21.8 Å². The van der Waals surface area contributed by atoms with Gasteiger partial charge in [0.15, 0.2) is 0 Å². The SMILES string of the molecule is Cc1ccc(S(=O)(=O)NCC(=O)NCC(=O)NCc2cccc(Cl)c2)cc1. The fourth-order valence-electron chi connectivity index (χ4n) is 2.11. The molecule has 0 atom stereocenters. The van der Waals surface area contributed by atoms with E-state index in [0.29, 0.717) is 5.02 Å². The molecule has 2 amide bonds. The summed E-state index contributed by atoms with van der Waals surface area (Å²) >= 11 is 5.86. The second-order valence-corrected chi connectivity index (χ2v) is 8.02. The number of carbonyl (C=O) groups is 2. The fourth-order valence-corrected chi connectivity index (χ4v) is 3.31. The van der Waals surface area contributed by atoms with Crippen LogP contribution in [0.25, 0.3) is 0 Å². The summed E-state index contributed by atoms with van der Waals surface area (Å²) < 4.78 is 26.4. The first-order chi connectivity index (χ1) is 12.8. The molecule has 0 bridgehead atoms. The molecule has 0 heterocycles. The number of aryl methyl sites for hydroxylation is 1. The molecule has 0 saturated heterocycles. The van der Waals surface area contributed by atoms with Gasteiger partial charge in [-0.2, -0.15) is 0 Å². The van der Waals surface area contributed by atoms with Crippen molar-refractivity contribution in [2.24, 2.45) is 0 Å². The van der Waals surface area contributed by atoms with Crippen molar-refractivity contribution in [1.29, 1.82) is 0 Å². The number of benzene rings is 2. The first-order valence-electron chi connectivity index (χ1n) is 8.10. The van der Waals surface area contributed by atoms with Gasteiger partial charge >= 0.3 is 0 Å². The van der Waals surface area contributed by atoms with Crippen molar-refractivity contribution in [1.82, 2.24) is 15.4 Å². The number of nitrogens with one attached hydrogen (secondary N) is 3. The second kappa shape index (κ2) is 9.50. The number of halogens is 1. The molecule has 0 radical (unpaired) electrons. The summed E-state index contributed by atoms with van der Waals surface area (Å²) in [5.41, 5.74) is 1.75. The lowest BCUT2D eigenvalue weighted by Gasteiger charge is -2.09. The van der Waals surface area contributed by atoms with E-state index in [1.54, 1.807) is 30.3 Å². The Labute approximate surface area is 163 Å². The maximum Gasteiger partial charge on any atom is 0.241 e. The quantitative estimate of drug-likeness (QED) is 0.612. The summed E-state index contributed by atoms with van der Waals surface area (Å²) in [7, 11) is -3.78. The lowest BCUT2D eigenvalue weighted by atomic mass is 10.2. The highest BCUT2D eigenvalue weighted by Gasteiger charge is 2.15. The Morgan fingerprint density at radius 1 is 0.963 bits per heavy atom. The Balaban J connectivity index is 1.73. The lowest BCUT2D eigenvalue weighted by Crippen LogP contribution is -2.41. The summed E-state index contributed by atoms with van der Waals surface area (Å²) in [5, 5.41) is 5.56. The van der Waals surface area contributed by atoms with Gasteiger partial charge in [0.1, 0.15) is 0 Å². The molecule has 9 heteroatoms. The van der Waals surface area contributed by atoms with Crippen molar-refractivity contribution in [2.45, 2.75) is 18.4 Å². The van der Waals surface area contributed by atoms with E-state index in [4.69, 9.17) is 11.6 Å². The molecule has 3 N–H and O–H groups in total. The zero-order valence-corrected chi connectivity index (χ0v) is 16.2. The molecule has 0 aliphatic heterocycles. The van der Waals surface area contributed by atoms with E-state index >= 15 is 0 Å². The van der Waals surface area contributed by atoms with Crippen LogP contribution in [0.2, 0.25) is 5.02 Å². The third-order valence-electron chi connectivity index (χ3n) is 3.58. The van der Waals surface area contributed by atoms with Gasteiger partial charge in [-0.1, -0.05) is 41.4 Å².